The maximum atomic E-state index is 14.1. The number of halogens is 1. The summed E-state index contributed by atoms with van der Waals surface area (Å²) in [5.41, 5.74) is 4.13. The van der Waals surface area contributed by atoms with E-state index in [1.54, 1.807) is 13.8 Å². The molecule has 8 atom stereocenters. The standard InChI is InChI=1S/C47H71ClN2O5/c1-29(2)39-34(51)25-47(22-23-49-27-30-12-13-32(48)24-31(30)28-50(10)11)21-20-45(8)33(40(39)47)14-15-36-44(7)18-17-37(55-38(52)26-42(3,4)41(53)54)43(5,6)35(44)16-19-46(36,45)9/h12-13,24,29,33,35-37,49H,14-23,25-28H2,1-11H3,(H,53,54)/t33-,35+,36-,37+,44+,45-,46-,47-/m1/s1. The molecule has 6 rings (SSSR count). The third-order valence-corrected chi connectivity index (χ3v) is 16.9. The number of esters is 1. The first-order valence-corrected chi connectivity index (χ1v) is 21.7. The minimum Gasteiger partial charge on any atom is -0.481 e. The molecule has 0 aliphatic heterocycles. The Labute approximate surface area is 337 Å². The number of hydrogen-bond acceptors (Lipinski definition) is 6. The molecule has 2 N–H and O–H groups in total. The number of carbonyl (C=O) groups is 3. The Hall–Kier alpha value is -2.22. The zero-order chi connectivity index (χ0) is 40.5. The number of nitrogens with zero attached hydrogens (tertiary/aromatic N) is 1. The molecule has 5 aliphatic carbocycles. The van der Waals surface area contributed by atoms with Gasteiger partial charge in [-0.2, -0.15) is 0 Å². The van der Waals surface area contributed by atoms with Gasteiger partial charge in [-0.3, -0.25) is 14.4 Å². The van der Waals surface area contributed by atoms with Gasteiger partial charge in [0.25, 0.3) is 0 Å². The van der Waals surface area contributed by atoms with Crippen LogP contribution in [0.4, 0.5) is 0 Å². The average Bonchev–Trinajstić information content (AvgIpc) is 3.37. The predicted octanol–water partition coefficient (Wildman–Crippen LogP) is 10.3. The van der Waals surface area contributed by atoms with Crippen molar-refractivity contribution in [2.75, 3.05) is 20.6 Å². The molecule has 1 aromatic rings. The fourth-order valence-corrected chi connectivity index (χ4v) is 13.9. The molecule has 7 nitrogen and oxygen atoms in total. The number of nitrogens with one attached hydrogen (secondary N) is 1. The quantitative estimate of drug-likeness (QED) is 0.161. The van der Waals surface area contributed by atoms with Crippen LogP contribution in [0.1, 0.15) is 144 Å². The van der Waals surface area contributed by atoms with E-state index in [1.165, 1.54) is 23.1 Å². The number of ether oxygens (including phenoxy) is 1. The molecule has 55 heavy (non-hydrogen) atoms. The Bertz CT molecular complexity index is 1710. The summed E-state index contributed by atoms with van der Waals surface area (Å²) in [5, 5.41) is 14.2. The number of hydrogen-bond donors (Lipinski definition) is 2. The molecule has 0 spiro atoms. The zero-order valence-corrected chi connectivity index (χ0v) is 36.7. The third kappa shape index (κ3) is 7.17. The second-order valence-electron chi connectivity index (χ2n) is 21.3. The van der Waals surface area contributed by atoms with Crippen molar-refractivity contribution < 1.29 is 24.2 Å². The Kier molecular flexibility index (Phi) is 11.5. The Morgan fingerprint density at radius 1 is 0.964 bits per heavy atom. The number of fused-ring (bicyclic) bond motifs is 7. The van der Waals surface area contributed by atoms with Gasteiger partial charge in [-0.25, -0.2) is 0 Å². The van der Waals surface area contributed by atoms with Gasteiger partial charge in [-0.1, -0.05) is 71.7 Å². The summed E-state index contributed by atoms with van der Waals surface area (Å²) in [6.45, 7) is 22.6. The molecule has 0 saturated heterocycles. The highest BCUT2D eigenvalue weighted by Crippen LogP contribution is 2.77. The number of carboxylic acids is 1. The molecule has 0 heterocycles. The highest BCUT2D eigenvalue weighted by molar-refractivity contribution is 6.30. The van der Waals surface area contributed by atoms with Crippen LogP contribution in [-0.4, -0.2) is 54.5 Å². The van der Waals surface area contributed by atoms with E-state index < -0.39 is 17.4 Å². The molecule has 0 aromatic heterocycles. The molecule has 4 fully saturated rings. The zero-order valence-electron chi connectivity index (χ0n) is 35.9. The maximum Gasteiger partial charge on any atom is 0.309 e. The van der Waals surface area contributed by atoms with Gasteiger partial charge in [0.15, 0.2) is 5.78 Å². The lowest BCUT2D eigenvalue weighted by atomic mass is 9.33. The van der Waals surface area contributed by atoms with Gasteiger partial charge in [0.05, 0.1) is 11.8 Å². The smallest absolute Gasteiger partial charge is 0.309 e. The van der Waals surface area contributed by atoms with Crippen LogP contribution in [0.2, 0.25) is 5.02 Å². The number of rotatable bonds is 12. The summed E-state index contributed by atoms with van der Waals surface area (Å²) in [6.07, 6.45) is 9.91. The van der Waals surface area contributed by atoms with Gasteiger partial charge in [0.1, 0.15) is 6.10 Å². The van der Waals surface area contributed by atoms with Gasteiger partial charge >= 0.3 is 11.9 Å². The molecule has 0 unspecified atom stereocenters. The van der Waals surface area contributed by atoms with Crippen molar-refractivity contribution in [2.24, 2.45) is 56.2 Å². The Balaban J connectivity index is 1.22. The van der Waals surface area contributed by atoms with Crippen LogP contribution in [0.3, 0.4) is 0 Å². The SMILES string of the molecule is CC(C)C1=C2[C@H]3CC[C@@H]4[C@@]5(C)CC[C@H](OC(=O)CC(C)(C)C(=O)O)C(C)(C)[C@@H]5CC[C@@]4(C)[C@]3(C)CC[C@@]2(CCNCc2ccc(Cl)cc2CN(C)C)CC1=O. The van der Waals surface area contributed by atoms with Crippen molar-refractivity contribution in [3.8, 4) is 0 Å². The molecular weight excluding hydrogens is 708 g/mol. The van der Waals surface area contributed by atoms with Crippen molar-refractivity contribution in [1.82, 2.24) is 10.2 Å². The summed E-state index contributed by atoms with van der Waals surface area (Å²) in [4.78, 5) is 41.2. The summed E-state index contributed by atoms with van der Waals surface area (Å²) >= 11 is 6.39. The van der Waals surface area contributed by atoms with Crippen LogP contribution >= 0.6 is 11.6 Å². The summed E-state index contributed by atoms with van der Waals surface area (Å²) in [6, 6.07) is 6.22. The highest BCUT2D eigenvalue weighted by Gasteiger charge is 2.70. The van der Waals surface area contributed by atoms with Crippen molar-refractivity contribution in [1.29, 1.82) is 0 Å². The fourth-order valence-electron chi connectivity index (χ4n) is 13.7. The number of ketones is 1. The van der Waals surface area contributed by atoms with Crippen LogP contribution in [-0.2, 0) is 32.2 Å². The van der Waals surface area contributed by atoms with Crippen molar-refractivity contribution in [3.63, 3.8) is 0 Å². The monoisotopic (exact) mass is 779 g/mol. The number of allylic oxidation sites excluding steroid dienone is 2. The first-order chi connectivity index (χ1) is 25.5. The minimum absolute atomic E-state index is 0.0657. The number of benzene rings is 1. The topological polar surface area (TPSA) is 95.9 Å². The normalized spacial score (nSPS) is 35.6. The first-order valence-electron chi connectivity index (χ1n) is 21.4. The largest absolute Gasteiger partial charge is 0.481 e. The van der Waals surface area contributed by atoms with Crippen molar-refractivity contribution in [3.05, 3.63) is 45.5 Å². The van der Waals surface area contributed by atoms with E-state index in [0.29, 0.717) is 30.0 Å². The predicted molar refractivity (Wildman–Crippen MR) is 221 cm³/mol. The highest BCUT2D eigenvalue weighted by atomic mass is 35.5. The van der Waals surface area contributed by atoms with Crippen LogP contribution in [0.25, 0.3) is 0 Å². The molecule has 5 aliphatic rings. The van der Waals surface area contributed by atoms with Crippen molar-refractivity contribution in [2.45, 2.75) is 152 Å². The van der Waals surface area contributed by atoms with Gasteiger partial charge in [-0.05, 0) is 161 Å². The summed E-state index contributed by atoms with van der Waals surface area (Å²) < 4.78 is 6.19. The fraction of sp³-hybridized carbons (Fsp3) is 0.766. The average molecular weight is 780 g/mol. The lowest BCUT2D eigenvalue weighted by molar-refractivity contribution is -0.233. The molecule has 1 aromatic carbocycles. The molecule has 4 saturated carbocycles. The van der Waals surface area contributed by atoms with Crippen molar-refractivity contribution >= 4 is 29.3 Å². The van der Waals surface area contributed by atoms with Gasteiger partial charge < -0.3 is 20.1 Å². The van der Waals surface area contributed by atoms with E-state index in [9.17, 15) is 19.5 Å². The maximum absolute atomic E-state index is 14.1. The number of carbonyl (C=O) groups excluding carboxylic acids is 2. The Morgan fingerprint density at radius 2 is 1.67 bits per heavy atom. The van der Waals surface area contributed by atoms with E-state index in [1.807, 2.05) is 6.07 Å². The lowest BCUT2D eigenvalue weighted by Gasteiger charge is -2.72. The second-order valence-corrected chi connectivity index (χ2v) is 21.7. The van der Waals surface area contributed by atoms with E-state index in [4.69, 9.17) is 16.3 Å². The van der Waals surface area contributed by atoms with Crippen LogP contribution in [0, 0.1) is 56.2 Å². The van der Waals surface area contributed by atoms with Crippen LogP contribution in [0.15, 0.2) is 29.3 Å². The number of carboxylic acid groups (broad SMARTS) is 1. The number of aliphatic carboxylic acids is 1. The van der Waals surface area contributed by atoms with E-state index in [-0.39, 0.29) is 45.5 Å². The molecule has 0 radical (unpaired) electrons. The first kappa shape index (κ1) is 42.4. The molecular formula is C47H71ClN2O5. The van der Waals surface area contributed by atoms with E-state index in [0.717, 1.165) is 81.6 Å². The Morgan fingerprint density at radius 3 is 2.33 bits per heavy atom. The van der Waals surface area contributed by atoms with Crippen LogP contribution < -0.4 is 5.32 Å². The van der Waals surface area contributed by atoms with Gasteiger partial charge in [0, 0.05) is 35.4 Å². The van der Waals surface area contributed by atoms with Crippen LogP contribution in [0.5, 0.6) is 0 Å². The molecule has 8 heteroatoms. The molecule has 0 amide bonds. The van der Waals surface area contributed by atoms with Gasteiger partial charge in [-0.15, -0.1) is 0 Å². The molecule has 306 valence electrons. The second kappa shape index (κ2) is 14.9. The third-order valence-electron chi connectivity index (χ3n) is 16.7. The number of Topliss-reactive ketones (excluding diaryl/α,β-unsaturated/α-hetero) is 1. The minimum atomic E-state index is -1.15. The van der Waals surface area contributed by atoms with Gasteiger partial charge in [0.2, 0.25) is 0 Å². The molecule has 0 bridgehead atoms. The summed E-state index contributed by atoms with van der Waals surface area (Å²) in [5.74, 6) is 0.607. The summed E-state index contributed by atoms with van der Waals surface area (Å²) in [7, 11) is 4.18. The van der Waals surface area contributed by atoms with E-state index >= 15 is 0 Å². The van der Waals surface area contributed by atoms with E-state index in [2.05, 4.69) is 84.9 Å². The lowest BCUT2D eigenvalue weighted by Crippen LogP contribution is -2.65.